The topological polar surface area (TPSA) is 189 Å². The van der Waals surface area contributed by atoms with E-state index in [1.807, 2.05) is 161 Å². The third-order valence-electron chi connectivity index (χ3n) is 19.8. The van der Waals surface area contributed by atoms with E-state index < -0.39 is 0 Å². The van der Waals surface area contributed by atoms with Crippen molar-refractivity contribution in [1.82, 2.24) is 29.9 Å². The largest absolute Gasteiger partial charge is 0.274 e. The minimum atomic E-state index is -0.177. The molecule has 3 aromatic heterocycles. The van der Waals surface area contributed by atoms with E-state index in [1.54, 1.807) is 0 Å². The maximum absolute atomic E-state index is 13.0. The van der Waals surface area contributed by atoms with Crippen LogP contribution in [0.25, 0.3) is 66.9 Å². The number of anilines is 3. The van der Waals surface area contributed by atoms with Gasteiger partial charge < -0.3 is 0 Å². The molecule has 6 fully saturated rings. The summed E-state index contributed by atoms with van der Waals surface area (Å²) in [4.78, 5) is 109. The van der Waals surface area contributed by atoms with Crippen molar-refractivity contribution < 1.29 is 28.8 Å². The number of benzene rings is 6. The predicted molar refractivity (Wildman–Crippen MR) is 330 cm³/mol. The molecule has 6 heterocycles. The Bertz CT molecular complexity index is 4460. The van der Waals surface area contributed by atoms with Gasteiger partial charge in [-0.1, -0.05) is 78.4 Å². The number of allylic oxidation sites excluding steroid dienone is 6. The van der Waals surface area contributed by atoms with Crippen LogP contribution in [0, 0.1) is 91.8 Å². The Balaban J connectivity index is 0.000000106. The summed E-state index contributed by atoms with van der Waals surface area (Å²) in [5, 5.41) is 3.01. The average Bonchev–Trinajstić information content (AvgIpc) is 2.03. The molecule has 6 aromatic carbocycles. The molecular formula is C72H57N9O6. The van der Waals surface area contributed by atoms with E-state index in [1.165, 1.54) is 20.3 Å². The summed E-state index contributed by atoms with van der Waals surface area (Å²) in [5.74, 6) is 1.85. The molecule has 6 aliphatic carbocycles. The number of rotatable bonds is 6. The summed E-state index contributed by atoms with van der Waals surface area (Å²) >= 11 is 0. The smallest absolute Gasteiger partial charge is 0.238 e. The summed E-state index contributed by atoms with van der Waals surface area (Å²) < 4.78 is 0. The summed E-state index contributed by atoms with van der Waals surface area (Å²) in [6.07, 6.45) is 21.0. The lowest BCUT2D eigenvalue weighted by Gasteiger charge is -2.17. The Morgan fingerprint density at radius 1 is 0.345 bits per heavy atom. The lowest BCUT2D eigenvalue weighted by Crippen LogP contribution is -2.32. The standard InChI is InChI=1S/3C24H19N3O2/c1-13-2-9-19-17(10-13)12-25-22(26-19)14-5-7-18(8-6-14)27-23(28)20-15-3-4-16(11-15)21(20)24(27)29;1-13-2-3-17-12-25-22(26-19(17)10-13)14-6-8-18(9-7-14)27-23(28)20-15-4-5-16(11-15)21(20)24(27)29;1-13-3-2-4-17-12-25-22(26-21(13)17)14-7-9-18(10-8-14)27-23(28)19-15-5-6-16(11-15)20(19)24(27)29/h2*2-10,12,15-16,20-21H,11H2,1H3;2-10,12,15-16,19-20H,11H2,1H3/t2*15-,16?,20-,21+;15-,16?,19-,20+/m000/s1. The van der Waals surface area contributed by atoms with Gasteiger partial charge in [0.1, 0.15) is 0 Å². The Hall–Kier alpha value is -10.0. The molecular weight excluding hydrogens is 1090 g/mol. The molecule has 0 spiro atoms. The number of hydrogen-bond acceptors (Lipinski definition) is 12. The van der Waals surface area contributed by atoms with Crippen LogP contribution in [-0.4, -0.2) is 65.3 Å². The van der Waals surface area contributed by atoms with Gasteiger partial charge >= 0.3 is 0 Å². The number of nitrogens with zero attached hydrogens (tertiary/aromatic N) is 9. The van der Waals surface area contributed by atoms with Crippen molar-refractivity contribution in [3.63, 3.8) is 0 Å². The van der Waals surface area contributed by atoms with Crippen molar-refractivity contribution in [3.8, 4) is 34.2 Å². The molecule has 3 saturated heterocycles. The summed E-state index contributed by atoms with van der Waals surface area (Å²) in [7, 11) is 0. The van der Waals surface area contributed by atoms with Crippen LogP contribution in [0.15, 0.2) is 182 Å². The number of aryl methyl sites for hydroxylation is 3. The predicted octanol–water partition coefficient (Wildman–Crippen LogP) is 11.8. The number of para-hydroxylation sites is 1. The van der Waals surface area contributed by atoms with E-state index in [4.69, 9.17) is 4.98 Å². The highest BCUT2D eigenvalue weighted by Crippen LogP contribution is 2.56. The van der Waals surface area contributed by atoms with E-state index in [2.05, 4.69) is 67.4 Å². The fourth-order valence-electron chi connectivity index (χ4n) is 15.7. The minimum absolute atomic E-state index is 0.0535. The van der Waals surface area contributed by atoms with Crippen molar-refractivity contribution in [2.45, 2.75) is 40.0 Å². The van der Waals surface area contributed by atoms with Gasteiger partial charge in [-0.15, -0.1) is 0 Å². The van der Waals surface area contributed by atoms with Crippen molar-refractivity contribution in [3.05, 3.63) is 199 Å². The lowest BCUT2D eigenvalue weighted by molar-refractivity contribution is -0.124. The summed E-state index contributed by atoms with van der Waals surface area (Å²) in [5.41, 5.74) is 10.6. The summed E-state index contributed by atoms with van der Waals surface area (Å²) in [6.45, 7) is 6.12. The van der Waals surface area contributed by atoms with Crippen molar-refractivity contribution in [2.75, 3.05) is 14.7 Å². The Morgan fingerprint density at radius 2 is 0.701 bits per heavy atom. The van der Waals surface area contributed by atoms with Crippen LogP contribution in [-0.2, 0) is 28.8 Å². The van der Waals surface area contributed by atoms with Crippen molar-refractivity contribution >= 4 is 85.2 Å². The Morgan fingerprint density at radius 3 is 1.13 bits per heavy atom. The zero-order chi connectivity index (χ0) is 59.1. The van der Waals surface area contributed by atoms with E-state index in [9.17, 15) is 28.8 Å². The molecule has 18 rings (SSSR count). The zero-order valence-electron chi connectivity index (χ0n) is 47.8. The molecule has 15 nitrogen and oxygen atoms in total. The second kappa shape index (κ2) is 20.0. The van der Waals surface area contributed by atoms with Gasteiger partial charge in [0.25, 0.3) is 0 Å². The first kappa shape index (κ1) is 52.5. The molecule has 426 valence electrons. The molecule has 9 aromatic rings. The first-order valence-electron chi connectivity index (χ1n) is 30.0. The highest BCUT2D eigenvalue weighted by atomic mass is 16.2. The fourth-order valence-corrected chi connectivity index (χ4v) is 15.7. The molecule has 6 amide bonds. The highest BCUT2D eigenvalue weighted by molar-refractivity contribution is 6.24. The van der Waals surface area contributed by atoms with Gasteiger partial charge in [-0.25, -0.2) is 29.9 Å². The number of carbonyl (C=O) groups is 6. The Labute approximate surface area is 500 Å². The van der Waals surface area contributed by atoms with Crippen LogP contribution in [0.5, 0.6) is 0 Å². The van der Waals surface area contributed by atoms with Crippen LogP contribution in [0.4, 0.5) is 17.1 Å². The fraction of sp³-hybridized carbons (Fsp3) is 0.250. The lowest BCUT2D eigenvalue weighted by atomic mass is 9.85. The third kappa shape index (κ3) is 8.44. The quantitative estimate of drug-likeness (QED) is 0.113. The summed E-state index contributed by atoms with van der Waals surface area (Å²) in [6, 6.07) is 40.5. The first-order valence-corrected chi connectivity index (χ1v) is 30.0. The van der Waals surface area contributed by atoms with Gasteiger partial charge in [-0.05, 0) is 178 Å². The van der Waals surface area contributed by atoms with E-state index in [-0.39, 0.29) is 106 Å². The maximum atomic E-state index is 13.0. The maximum Gasteiger partial charge on any atom is 0.238 e. The van der Waals surface area contributed by atoms with Gasteiger partial charge in [0, 0.05) is 51.4 Å². The molecule has 9 aliphatic rings. The van der Waals surface area contributed by atoms with Gasteiger partial charge in [0.15, 0.2) is 17.5 Å². The van der Waals surface area contributed by atoms with Crippen LogP contribution >= 0.6 is 0 Å². The first-order chi connectivity index (χ1) is 42.3. The Kier molecular flexibility index (Phi) is 12.1. The number of aromatic nitrogens is 6. The SMILES string of the molecule is Cc1ccc2cnc(-c3ccc(N4C(=O)[C@@H]5[C@H](C4=O)C4C=C[C@H]5C4)cc3)nc2c1.Cc1ccc2nc(-c3ccc(N4C(=O)[C@@H]5[C@H](C4=O)C4C=C[C@H]5C4)cc3)ncc2c1.Cc1cccc2cnc(-c3ccc(N4C(=O)[C@@H]5[C@H](C4=O)C4C=C[C@H]5C4)cc3)nc12. The molecule has 12 atom stereocenters. The van der Waals surface area contributed by atoms with Crippen LogP contribution in [0.2, 0.25) is 0 Å². The molecule has 3 saturated carbocycles. The third-order valence-corrected chi connectivity index (χ3v) is 19.8. The minimum Gasteiger partial charge on any atom is -0.274 e. The van der Waals surface area contributed by atoms with Crippen LogP contribution < -0.4 is 14.7 Å². The average molecular weight is 1140 g/mol. The second-order valence-corrected chi connectivity index (χ2v) is 24.9. The molecule has 3 unspecified atom stereocenters. The van der Waals surface area contributed by atoms with Crippen LogP contribution in [0.3, 0.4) is 0 Å². The molecule has 0 radical (unpaired) electrons. The van der Waals surface area contributed by atoms with Gasteiger partial charge in [-0.2, -0.15) is 0 Å². The van der Waals surface area contributed by atoms with E-state index >= 15 is 0 Å². The normalized spacial score (nSPS) is 27.3. The molecule has 87 heavy (non-hydrogen) atoms. The monoisotopic (exact) mass is 1140 g/mol. The highest BCUT2D eigenvalue weighted by Gasteiger charge is 2.62. The number of imide groups is 3. The molecule has 15 heteroatoms. The van der Waals surface area contributed by atoms with Crippen molar-refractivity contribution in [2.24, 2.45) is 71.0 Å². The molecule has 3 aliphatic heterocycles. The number of hydrogen-bond donors (Lipinski definition) is 0. The molecule has 0 N–H and O–H groups in total. The zero-order valence-corrected chi connectivity index (χ0v) is 47.8. The van der Waals surface area contributed by atoms with E-state index in [0.717, 1.165) is 79.8 Å². The van der Waals surface area contributed by atoms with Gasteiger partial charge in [0.05, 0.1) is 69.1 Å². The van der Waals surface area contributed by atoms with Crippen LogP contribution in [0.1, 0.15) is 36.0 Å². The van der Waals surface area contributed by atoms with Crippen molar-refractivity contribution in [1.29, 1.82) is 0 Å². The van der Waals surface area contributed by atoms with Gasteiger partial charge in [-0.3, -0.25) is 43.5 Å². The van der Waals surface area contributed by atoms with Gasteiger partial charge in [0.2, 0.25) is 35.4 Å². The number of amides is 6. The number of fused-ring (bicyclic) bond motifs is 18. The van der Waals surface area contributed by atoms with E-state index in [0.29, 0.717) is 34.5 Å². The molecule has 6 bridgehead atoms. The second-order valence-electron chi connectivity index (χ2n) is 24.9. The number of carbonyl (C=O) groups excluding carboxylic acids is 6.